The molecule has 0 aliphatic heterocycles. The molecule has 0 unspecified atom stereocenters. The fourth-order valence-electron chi connectivity index (χ4n) is 1.73. The highest BCUT2D eigenvalue weighted by Crippen LogP contribution is 2.20. The van der Waals surface area contributed by atoms with Gasteiger partial charge in [0.2, 0.25) is 11.7 Å². The van der Waals surface area contributed by atoms with Crippen molar-refractivity contribution in [1.82, 2.24) is 10.1 Å². The van der Waals surface area contributed by atoms with Crippen molar-refractivity contribution in [2.75, 3.05) is 0 Å². The lowest BCUT2D eigenvalue weighted by atomic mass is 10.1. The molecule has 20 heavy (non-hydrogen) atoms. The number of rotatable bonds is 6. The summed E-state index contributed by atoms with van der Waals surface area (Å²) >= 11 is 0. The van der Waals surface area contributed by atoms with Crippen LogP contribution in [-0.4, -0.2) is 15.2 Å². The second-order valence-electron chi connectivity index (χ2n) is 4.99. The van der Waals surface area contributed by atoms with Gasteiger partial charge in [0, 0.05) is 5.92 Å². The molecule has 0 aliphatic carbocycles. The number of aromatic nitrogens is 2. The van der Waals surface area contributed by atoms with E-state index in [9.17, 15) is 5.11 Å². The van der Waals surface area contributed by atoms with E-state index in [-0.39, 0.29) is 12.5 Å². The summed E-state index contributed by atoms with van der Waals surface area (Å²) < 4.78 is 10.7. The van der Waals surface area contributed by atoms with Crippen LogP contribution in [0.15, 0.2) is 28.8 Å². The molecule has 1 atom stereocenters. The molecule has 2 aromatic rings. The summed E-state index contributed by atoms with van der Waals surface area (Å²) in [6.07, 6.45) is 0.274. The maximum atomic E-state index is 9.71. The van der Waals surface area contributed by atoms with Gasteiger partial charge in [0.05, 0.1) is 6.10 Å². The zero-order valence-corrected chi connectivity index (χ0v) is 12.0. The van der Waals surface area contributed by atoms with Crippen LogP contribution in [0.3, 0.4) is 0 Å². The first-order chi connectivity index (χ1) is 9.60. The van der Waals surface area contributed by atoms with E-state index in [1.54, 1.807) is 0 Å². The average molecular weight is 276 g/mol. The Morgan fingerprint density at radius 3 is 2.50 bits per heavy atom. The molecule has 0 bridgehead atoms. The number of hydrogen-bond acceptors (Lipinski definition) is 5. The summed E-state index contributed by atoms with van der Waals surface area (Å²) in [5, 5.41) is 13.6. The van der Waals surface area contributed by atoms with Crippen molar-refractivity contribution in [1.29, 1.82) is 0 Å². The van der Waals surface area contributed by atoms with E-state index in [2.05, 4.69) is 10.1 Å². The van der Waals surface area contributed by atoms with Gasteiger partial charge in [-0.3, -0.25) is 0 Å². The minimum Gasteiger partial charge on any atom is -0.485 e. The van der Waals surface area contributed by atoms with Crippen LogP contribution < -0.4 is 4.74 Å². The smallest absolute Gasteiger partial charge is 0.229 e. The van der Waals surface area contributed by atoms with Gasteiger partial charge in [-0.05, 0) is 24.1 Å². The van der Waals surface area contributed by atoms with Crippen molar-refractivity contribution in [2.45, 2.75) is 45.8 Å². The van der Waals surface area contributed by atoms with Gasteiger partial charge < -0.3 is 14.4 Å². The zero-order valence-electron chi connectivity index (χ0n) is 12.0. The summed E-state index contributed by atoms with van der Waals surface area (Å²) in [6, 6.07) is 7.38. The summed E-state index contributed by atoms with van der Waals surface area (Å²) in [6.45, 7) is 6.20. The van der Waals surface area contributed by atoms with E-state index in [1.165, 1.54) is 0 Å². The molecule has 1 aromatic carbocycles. The Morgan fingerprint density at radius 2 is 1.95 bits per heavy atom. The molecule has 0 radical (unpaired) electrons. The van der Waals surface area contributed by atoms with Crippen LogP contribution in [0.2, 0.25) is 0 Å². The third kappa shape index (κ3) is 3.57. The molecule has 5 nitrogen and oxygen atoms in total. The number of aliphatic hydroxyl groups excluding tert-OH is 1. The Bertz CT molecular complexity index is 534. The van der Waals surface area contributed by atoms with Gasteiger partial charge in [-0.15, -0.1) is 0 Å². The second-order valence-corrected chi connectivity index (χ2v) is 4.99. The molecule has 0 fully saturated rings. The lowest BCUT2D eigenvalue weighted by Crippen LogP contribution is -1.99. The Balaban J connectivity index is 1.93. The Labute approximate surface area is 118 Å². The first-order valence-corrected chi connectivity index (χ1v) is 6.83. The van der Waals surface area contributed by atoms with E-state index < -0.39 is 6.10 Å². The van der Waals surface area contributed by atoms with Crippen molar-refractivity contribution in [3.63, 3.8) is 0 Å². The molecule has 108 valence electrons. The molecule has 0 aliphatic rings. The molecule has 5 heteroatoms. The fourth-order valence-corrected chi connectivity index (χ4v) is 1.73. The molecule has 2 rings (SSSR count). The molecule has 0 saturated carbocycles. The Morgan fingerprint density at radius 1 is 1.25 bits per heavy atom. The first-order valence-electron chi connectivity index (χ1n) is 6.83. The van der Waals surface area contributed by atoms with Crippen LogP contribution >= 0.6 is 0 Å². The maximum Gasteiger partial charge on any atom is 0.229 e. The SMILES string of the molecule is CC[C@H](O)c1ccc(OCc2noc(C(C)C)n2)cc1. The van der Waals surface area contributed by atoms with Gasteiger partial charge in [0.25, 0.3) is 0 Å². The van der Waals surface area contributed by atoms with E-state index in [1.807, 2.05) is 45.0 Å². The molecule has 1 heterocycles. The van der Waals surface area contributed by atoms with Gasteiger partial charge in [-0.1, -0.05) is 38.1 Å². The molecule has 1 N–H and O–H groups in total. The summed E-state index contributed by atoms with van der Waals surface area (Å²) in [5.41, 5.74) is 0.890. The summed E-state index contributed by atoms with van der Waals surface area (Å²) in [7, 11) is 0. The van der Waals surface area contributed by atoms with Crippen molar-refractivity contribution >= 4 is 0 Å². The lowest BCUT2D eigenvalue weighted by Gasteiger charge is -2.09. The minimum absolute atomic E-state index is 0.214. The van der Waals surface area contributed by atoms with Gasteiger partial charge in [0.15, 0.2) is 6.61 Å². The molecule has 0 spiro atoms. The zero-order chi connectivity index (χ0) is 14.5. The molecular formula is C15H20N2O3. The predicted molar refractivity (Wildman–Crippen MR) is 74.4 cm³/mol. The quantitative estimate of drug-likeness (QED) is 0.877. The highest BCUT2D eigenvalue weighted by Gasteiger charge is 2.10. The van der Waals surface area contributed by atoms with E-state index in [0.717, 1.165) is 5.56 Å². The number of ether oxygens (including phenoxy) is 1. The predicted octanol–water partition coefficient (Wildman–Crippen LogP) is 3.22. The monoisotopic (exact) mass is 276 g/mol. The third-order valence-electron chi connectivity index (χ3n) is 3.00. The maximum absolute atomic E-state index is 9.71. The lowest BCUT2D eigenvalue weighted by molar-refractivity contribution is 0.173. The largest absolute Gasteiger partial charge is 0.485 e. The van der Waals surface area contributed by atoms with Crippen LogP contribution in [0, 0.1) is 0 Å². The van der Waals surface area contributed by atoms with Gasteiger partial charge >= 0.3 is 0 Å². The standard InChI is InChI=1S/C15H20N2O3/c1-4-13(18)11-5-7-12(8-6-11)19-9-14-16-15(10(2)3)20-17-14/h5-8,10,13,18H,4,9H2,1-3H3/t13-/m0/s1. The number of nitrogens with zero attached hydrogens (tertiary/aromatic N) is 2. The Hall–Kier alpha value is -1.88. The van der Waals surface area contributed by atoms with Gasteiger partial charge in [-0.25, -0.2) is 0 Å². The normalized spacial score (nSPS) is 12.7. The van der Waals surface area contributed by atoms with Crippen molar-refractivity contribution in [3.05, 3.63) is 41.5 Å². The minimum atomic E-state index is -0.421. The molecule has 0 saturated heterocycles. The van der Waals surface area contributed by atoms with Crippen LogP contribution in [0.5, 0.6) is 5.75 Å². The molecule has 1 aromatic heterocycles. The Kier molecular flexibility index (Phi) is 4.74. The van der Waals surface area contributed by atoms with Crippen LogP contribution in [0.25, 0.3) is 0 Å². The van der Waals surface area contributed by atoms with Gasteiger partial charge in [0.1, 0.15) is 5.75 Å². The first kappa shape index (κ1) is 14.5. The fraction of sp³-hybridized carbons (Fsp3) is 0.467. The summed E-state index contributed by atoms with van der Waals surface area (Å²) in [5.74, 6) is 2.08. The highest BCUT2D eigenvalue weighted by molar-refractivity contribution is 5.28. The van der Waals surface area contributed by atoms with Crippen LogP contribution in [-0.2, 0) is 6.61 Å². The van der Waals surface area contributed by atoms with Crippen LogP contribution in [0.1, 0.15) is 56.5 Å². The van der Waals surface area contributed by atoms with Crippen molar-refractivity contribution in [2.24, 2.45) is 0 Å². The third-order valence-corrected chi connectivity index (χ3v) is 3.00. The second kappa shape index (κ2) is 6.52. The van der Waals surface area contributed by atoms with Crippen LogP contribution in [0.4, 0.5) is 0 Å². The highest BCUT2D eigenvalue weighted by atomic mass is 16.5. The topological polar surface area (TPSA) is 68.4 Å². The van der Waals surface area contributed by atoms with E-state index in [0.29, 0.717) is 23.9 Å². The van der Waals surface area contributed by atoms with E-state index >= 15 is 0 Å². The number of benzene rings is 1. The summed E-state index contributed by atoms with van der Waals surface area (Å²) in [4.78, 5) is 4.24. The number of hydrogen-bond donors (Lipinski definition) is 1. The molecular weight excluding hydrogens is 256 g/mol. The van der Waals surface area contributed by atoms with Crippen molar-refractivity contribution < 1.29 is 14.4 Å². The molecule has 0 amide bonds. The number of aliphatic hydroxyl groups is 1. The van der Waals surface area contributed by atoms with E-state index in [4.69, 9.17) is 9.26 Å². The average Bonchev–Trinajstić information content (AvgIpc) is 2.94. The van der Waals surface area contributed by atoms with Crippen molar-refractivity contribution in [3.8, 4) is 5.75 Å². The van der Waals surface area contributed by atoms with Gasteiger partial charge in [-0.2, -0.15) is 4.98 Å².